The fourth-order valence-corrected chi connectivity index (χ4v) is 2.22. The molecule has 2 heterocycles. The SMILES string of the molecule is Cc1ccn2c1c(=O)[nH]c1cc(C(F)(F)F)ccc12. The lowest BCUT2D eigenvalue weighted by atomic mass is 10.2. The number of hydrogen-bond acceptors (Lipinski definition) is 1. The highest BCUT2D eigenvalue weighted by Gasteiger charge is 2.30. The molecule has 0 saturated carbocycles. The number of aromatic amines is 1. The van der Waals surface area contributed by atoms with Crippen molar-refractivity contribution in [3.63, 3.8) is 0 Å². The third-order valence-corrected chi connectivity index (χ3v) is 3.13. The molecule has 1 N–H and O–H groups in total. The van der Waals surface area contributed by atoms with Gasteiger partial charge < -0.3 is 9.38 Å². The number of hydrogen-bond donors (Lipinski definition) is 1. The Hall–Kier alpha value is -2.24. The molecule has 2 aromatic heterocycles. The van der Waals surface area contributed by atoms with Crippen molar-refractivity contribution < 1.29 is 13.2 Å². The van der Waals surface area contributed by atoms with Crippen LogP contribution in [0.1, 0.15) is 11.1 Å². The summed E-state index contributed by atoms with van der Waals surface area (Å²) in [7, 11) is 0. The summed E-state index contributed by atoms with van der Waals surface area (Å²) < 4.78 is 39.5. The Bertz CT molecular complexity index is 843. The van der Waals surface area contributed by atoms with Crippen molar-refractivity contribution in [2.75, 3.05) is 0 Å². The molecule has 0 bridgehead atoms. The third kappa shape index (κ3) is 1.71. The van der Waals surface area contributed by atoms with Gasteiger partial charge in [-0.2, -0.15) is 13.2 Å². The van der Waals surface area contributed by atoms with E-state index < -0.39 is 17.3 Å². The summed E-state index contributed by atoms with van der Waals surface area (Å²) in [6, 6.07) is 5.07. The zero-order valence-electron chi connectivity index (χ0n) is 9.88. The number of rotatable bonds is 0. The molecule has 3 aromatic rings. The van der Waals surface area contributed by atoms with Gasteiger partial charge in [-0.05, 0) is 36.8 Å². The molecule has 0 spiro atoms. The van der Waals surface area contributed by atoms with Crippen molar-refractivity contribution in [1.29, 1.82) is 0 Å². The molecule has 0 aliphatic heterocycles. The van der Waals surface area contributed by atoms with Crippen LogP contribution >= 0.6 is 0 Å². The average Bonchev–Trinajstić information content (AvgIpc) is 2.70. The van der Waals surface area contributed by atoms with E-state index in [1.54, 1.807) is 23.6 Å². The molecule has 0 atom stereocenters. The van der Waals surface area contributed by atoms with Gasteiger partial charge in [-0.1, -0.05) is 0 Å². The van der Waals surface area contributed by atoms with Crippen LogP contribution in [-0.4, -0.2) is 9.38 Å². The maximum atomic E-state index is 12.6. The number of alkyl halides is 3. The van der Waals surface area contributed by atoms with Gasteiger partial charge in [0.05, 0.1) is 16.6 Å². The average molecular weight is 266 g/mol. The molecular weight excluding hydrogens is 257 g/mol. The van der Waals surface area contributed by atoms with Crippen molar-refractivity contribution in [3.05, 3.63) is 51.9 Å². The van der Waals surface area contributed by atoms with Gasteiger partial charge in [-0.3, -0.25) is 4.79 Å². The number of H-pyrrole nitrogens is 1. The minimum Gasteiger partial charge on any atom is -0.319 e. The van der Waals surface area contributed by atoms with Crippen LogP contribution in [0.5, 0.6) is 0 Å². The zero-order valence-corrected chi connectivity index (χ0v) is 9.88. The van der Waals surface area contributed by atoms with E-state index in [1.165, 1.54) is 6.07 Å². The minimum atomic E-state index is -4.42. The maximum absolute atomic E-state index is 12.6. The summed E-state index contributed by atoms with van der Waals surface area (Å²) in [6.07, 6.45) is -2.75. The summed E-state index contributed by atoms with van der Waals surface area (Å²) in [4.78, 5) is 14.4. The van der Waals surface area contributed by atoms with Gasteiger partial charge >= 0.3 is 6.18 Å². The topological polar surface area (TPSA) is 37.3 Å². The lowest BCUT2D eigenvalue weighted by Crippen LogP contribution is -2.12. The Labute approximate surface area is 105 Å². The molecule has 0 aliphatic rings. The summed E-state index contributed by atoms with van der Waals surface area (Å²) in [5.74, 6) is 0. The van der Waals surface area contributed by atoms with Gasteiger partial charge in [0.15, 0.2) is 0 Å². The second-order valence-electron chi connectivity index (χ2n) is 4.40. The van der Waals surface area contributed by atoms with Crippen molar-refractivity contribution in [1.82, 2.24) is 9.38 Å². The van der Waals surface area contributed by atoms with Crippen LogP contribution < -0.4 is 5.56 Å². The molecule has 0 saturated heterocycles. The van der Waals surface area contributed by atoms with Gasteiger partial charge in [-0.15, -0.1) is 0 Å². The second kappa shape index (κ2) is 3.63. The van der Waals surface area contributed by atoms with Gasteiger partial charge in [0.1, 0.15) is 5.52 Å². The first-order valence-electron chi connectivity index (χ1n) is 5.59. The number of halogens is 3. The van der Waals surface area contributed by atoms with Crippen LogP contribution in [0.3, 0.4) is 0 Å². The van der Waals surface area contributed by atoms with Crippen LogP contribution in [0.4, 0.5) is 13.2 Å². The number of fused-ring (bicyclic) bond motifs is 3. The molecule has 0 fully saturated rings. The lowest BCUT2D eigenvalue weighted by Gasteiger charge is -2.09. The van der Waals surface area contributed by atoms with Crippen molar-refractivity contribution in [2.24, 2.45) is 0 Å². The summed E-state index contributed by atoms with van der Waals surface area (Å²) in [5.41, 5.74) is 0.766. The Morgan fingerprint density at radius 1 is 1.21 bits per heavy atom. The molecule has 0 aliphatic carbocycles. The first-order valence-corrected chi connectivity index (χ1v) is 5.59. The lowest BCUT2D eigenvalue weighted by molar-refractivity contribution is -0.137. The second-order valence-corrected chi connectivity index (χ2v) is 4.40. The van der Waals surface area contributed by atoms with E-state index in [-0.39, 0.29) is 5.52 Å². The van der Waals surface area contributed by atoms with Crippen LogP contribution in [0.25, 0.3) is 16.6 Å². The number of nitrogens with zero attached hydrogens (tertiary/aromatic N) is 1. The van der Waals surface area contributed by atoms with Crippen molar-refractivity contribution >= 4 is 16.6 Å². The summed E-state index contributed by atoms with van der Waals surface area (Å²) >= 11 is 0. The standard InChI is InChI=1S/C13H9F3N2O/c1-7-4-5-18-10-3-2-8(13(14,15)16)6-9(10)17-12(19)11(7)18/h2-6H,1H3,(H,17,19). The number of benzene rings is 1. The summed E-state index contributed by atoms with van der Waals surface area (Å²) in [6.45, 7) is 1.78. The Kier molecular flexibility index (Phi) is 2.26. The van der Waals surface area contributed by atoms with E-state index in [1.807, 2.05) is 0 Å². The van der Waals surface area contributed by atoms with E-state index in [2.05, 4.69) is 4.98 Å². The molecule has 3 rings (SSSR count). The normalized spacial score (nSPS) is 12.4. The highest BCUT2D eigenvalue weighted by molar-refractivity contribution is 5.79. The predicted octanol–water partition coefficient (Wildman–Crippen LogP) is 3.11. The highest BCUT2D eigenvalue weighted by atomic mass is 19.4. The first kappa shape index (κ1) is 11.8. The first-order chi connectivity index (χ1) is 8.88. The van der Waals surface area contributed by atoms with E-state index in [9.17, 15) is 18.0 Å². The van der Waals surface area contributed by atoms with Crippen LogP contribution in [0, 0.1) is 6.92 Å². The van der Waals surface area contributed by atoms with E-state index >= 15 is 0 Å². The largest absolute Gasteiger partial charge is 0.416 e. The third-order valence-electron chi connectivity index (χ3n) is 3.13. The van der Waals surface area contributed by atoms with Gasteiger partial charge in [-0.25, -0.2) is 0 Å². The van der Waals surface area contributed by atoms with E-state index in [0.29, 0.717) is 11.0 Å². The van der Waals surface area contributed by atoms with Crippen LogP contribution in [-0.2, 0) is 6.18 Å². The Morgan fingerprint density at radius 3 is 2.63 bits per heavy atom. The quantitative estimate of drug-likeness (QED) is 0.667. The monoisotopic (exact) mass is 266 g/mol. The molecule has 0 unspecified atom stereocenters. The van der Waals surface area contributed by atoms with E-state index in [4.69, 9.17) is 0 Å². The van der Waals surface area contributed by atoms with E-state index in [0.717, 1.165) is 17.7 Å². The number of aromatic nitrogens is 2. The fraction of sp³-hybridized carbons (Fsp3) is 0.154. The predicted molar refractivity (Wildman–Crippen MR) is 65.3 cm³/mol. The number of aryl methyl sites for hydroxylation is 1. The highest BCUT2D eigenvalue weighted by Crippen LogP contribution is 2.30. The zero-order chi connectivity index (χ0) is 13.8. The smallest absolute Gasteiger partial charge is 0.319 e. The fourth-order valence-electron chi connectivity index (χ4n) is 2.22. The molecule has 3 nitrogen and oxygen atoms in total. The molecule has 1 aromatic carbocycles. The molecule has 6 heteroatoms. The molecule has 0 amide bonds. The van der Waals surface area contributed by atoms with Gasteiger partial charge in [0, 0.05) is 6.20 Å². The van der Waals surface area contributed by atoms with Crippen LogP contribution in [0.15, 0.2) is 35.3 Å². The van der Waals surface area contributed by atoms with Crippen LogP contribution in [0.2, 0.25) is 0 Å². The van der Waals surface area contributed by atoms with Gasteiger partial charge in [0.25, 0.3) is 5.56 Å². The van der Waals surface area contributed by atoms with Crippen molar-refractivity contribution in [3.8, 4) is 0 Å². The molecule has 19 heavy (non-hydrogen) atoms. The summed E-state index contributed by atoms with van der Waals surface area (Å²) in [5, 5.41) is 0. The van der Waals surface area contributed by atoms with Gasteiger partial charge in [0.2, 0.25) is 0 Å². The van der Waals surface area contributed by atoms with Crippen molar-refractivity contribution in [2.45, 2.75) is 13.1 Å². The molecular formula is C13H9F3N2O. The molecule has 0 radical (unpaired) electrons. The Morgan fingerprint density at radius 2 is 1.95 bits per heavy atom. The Balaban J connectivity index is 2.44. The molecule has 98 valence electrons. The maximum Gasteiger partial charge on any atom is 0.416 e. The minimum absolute atomic E-state index is 0.169. The number of nitrogens with one attached hydrogen (secondary N) is 1.